The quantitative estimate of drug-likeness (QED) is 0.771. The summed E-state index contributed by atoms with van der Waals surface area (Å²) in [4.78, 5) is 0.148. The van der Waals surface area contributed by atoms with Crippen LogP contribution < -0.4 is 0 Å². The first-order valence-corrected chi connectivity index (χ1v) is 7.16. The van der Waals surface area contributed by atoms with E-state index in [9.17, 15) is 8.42 Å². The second-order valence-corrected chi connectivity index (χ2v) is 5.77. The molecule has 1 aromatic carbocycles. The lowest BCUT2D eigenvalue weighted by atomic mass is 10.3. The van der Waals surface area contributed by atoms with Gasteiger partial charge in [-0.25, -0.2) is 0 Å². The first-order chi connectivity index (χ1) is 8.58. The van der Waals surface area contributed by atoms with Gasteiger partial charge in [0.15, 0.2) is 0 Å². The summed E-state index contributed by atoms with van der Waals surface area (Å²) in [7, 11) is -3.71. The van der Waals surface area contributed by atoms with E-state index in [0.29, 0.717) is 13.2 Å². The molecule has 5 nitrogen and oxygen atoms in total. The number of hydrogen-bond acceptors (Lipinski definition) is 5. The van der Waals surface area contributed by atoms with Crippen LogP contribution in [0.2, 0.25) is 0 Å². The van der Waals surface area contributed by atoms with Gasteiger partial charge in [-0.1, -0.05) is 18.2 Å². The van der Waals surface area contributed by atoms with Crippen molar-refractivity contribution < 1.29 is 22.1 Å². The van der Waals surface area contributed by atoms with Crippen molar-refractivity contribution in [3.05, 3.63) is 30.3 Å². The molecular weight excluding hydrogens is 256 g/mol. The predicted molar refractivity (Wildman–Crippen MR) is 64.7 cm³/mol. The zero-order valence-corrected chi connectivity index (χ0v) is 10.9. The zero-order chi connectivity index (χ0) is 13.0. The Morgan fingerprint density at radius 1 is 1.22 bits per heavy atom. The Balaban J connectivity index is 1.90. The van der Waals surface area contributed by atoms with Gasteiger partial charge < -0.3 is 9.47 Å². The molecule has 2 atom stereocenters. The third-order valence-corrected chi connectivity index (χ3v) is 3.87. The van der Waals surface area contributed by atoms with Crippen molar-refractivity contribution in [2.45, 2.75) is 24.0 Å². The Hall–Kier alpha value is -0.950. The Morgan fingerprint density at radius 3 is 2.56 bits per heavy atom. The molecule has 100 valence electrons. The van der Waals surface area contributed by atoms with Crippen LogP contribution in [0.3, 0.4) is 0 Å². The first-order valence-electron chi connectivity index (χ1n) is 5.75. The van der Waals surface area contributed by atoms with Crippen LogP contribution in [-0.4, -0.2) is 40.4 Å². The topological polar surface area (TPSA) is 61.8 Å². The van der Waals surface area contributed by atoms with E-state index in [1.165, 1.54) is 12.1 Å². The van der Waals surface area contributed by atoms with Gasteiger partial charge in [0.05, 0.1) is 30.8 Å². The molecule has 0 radical (unpaired) electrons. The van der Waals surface area contributed by atoms with Crippen molar-refractivity contribution in [1.29, 1.82) is 0 Å². The largest absolute Gasteiger partial charge is 0.373 e. The second kappa shape index (κ2) is 5.79. The molecule has 18 heavy (non-hydrogen) atoms. The Bertz CT molecular complexity index is 463. The Labute approximate surface area is 107 Å². The third-order valence-electron chi connectivity index (χ3n) is 2.57. The van der Waals surface area contributed by atoms with E-state index in [2.05, 4.69) is 0 Å². The van der Waals surface area contributed by atoms with Gasteiger partial charge in [-0.2, -0.15) is 8.42 Å². The lowest BCUT2D eigenvalue weighted by Gasteiger charge is -2.26. The van der Waals surface area contributed by atoms with Crippen LogP contribution in [0.5, 0.6) is 0 Å². The van der Waals surface area contributed by atoms with Gasteiger partial charge in [-0.15, -0.1) is 0 Å². The summed E-state index contributed by atoms with van der Waals surface area (Å²) in [5.74, 6) is 0. The number of ether oxygens (including phenoxy) is 2. The minimum absolute atomic E-state index is 0.0239. The molecule has 2 rings (SSSR count). The summed E-state index contributed by atoms with van der Waals surface area (Å²) in [5, 5.41) is 0. The molecule has 0 bridgehead atoms. The van der Waals surface area contributed by atoms with Gasteiger partial charge >= 0.3 is 0 Å². The lowest BCUT2D eigenvalue weighted by Crippen LogP contribution is -2.37. The average molecular weight is 272 g/mol. The van der Waals surface area contributed by atoms with Crippen LogP contribution in [0.15, 0.2) is 35.2 Å². The molecule has 0 N–H and O–H groups in total. The molecular formula is C12H16O5S. The molecule has 6 heteroatoms. The van der Waals surface area contributed by atoms with Crippen molar-refractivity contribution in [3.8, 4) is 0 Å². The van der Waals surface area contributed by atoms with Crippen molar-refractivity contribution in [2.24, 2.45) is 0 Å². The van der Waals surface area contributed by atoms with Gasteiger partial charge in [0.25, 0.3) is 10.1 Å². The average Bonchev–Trinajstić information content (AvgIpc) is 2.39. The molecule has 1 fully saturated rings. The van der Waals surface area contributed by atoms with Crippen LogP contribution in [0.25, 0.3) is 0 Å². The maximum atomic E-state index is 11.8. The minimum atomic E-state index is -3.71. The van der Waals surface area contributed by atoms with Crippen molar-refractivity contribution in [1.82, 2.24) is 0 Å². The Kier molecular flexibility index (Phi) is 4.34. The van der Waals surface area contributed by atoms with Crippen molar-refractivity contribution in [3.63, 3.8) is 0 Å². The summed E-state index contributed by atoms with van der Waals surface area (Å²) in [6, 6.07) is 8.04. The predicted octanol–water partition coefficient (Wildman–Crippen LogP) is 1.20. The number of benzene rings is 1. The molecule has 0 saturated carbocycles. The van der Waals surface area contributed by atoms with E-state index < -0.39 is 10.1 Å². The fraction of sp³-hybridized carbons (Fsp3) is 0.500. The molecule has 1 aliphatic rings. The van der Waals surface area contributed by atoms with Gasteiger partial charge in [0, 0.05) is 0 Å². The van der Waals surface area contributed by atoms with E-state index in [1.54, 1.807) is 18.2 Å². The molecule has 0 aromatic heterocycles. The van der Waals surface area contributed by atoms with Gasteiger partial charge in [-0.3, -0.25) is 4.18 Å². The summed E-state index contributed by atoms with van der Waals surface area (Å²) in [5.41, 5.74) is 0. The van der Waals surface area contributed by atoms with Gasteiger partial charge in [-0.05, 0) is 19.1 Å². The standard InChI is InChI=1S/C12H16O5S/c1-10-7-16-11(8-15-10)9-17-18(13,14)12-5-3-2-4-6-12/h2-6,10-11H,7-9H2,1H3/t10-,11-/m0/s1. The zero-order valence-electron chi connectivity index (χ0n) is 10.1. The maximum Gasteiger partial charge on any atom is 0.297 e. The normalized spacial score (nSPS) is 24.9. The number of hydrogen-bond donors (Lipinski definition) is 0. The Morgan fingerprint density at radius 2 is 1.94 bits per heavy atom. The molecule has 0 unspecified atom stereocenters. The highest BCUT2D eigenvalue weighted by Crippen LogP contribution is 2.14. The smallest absolute Gasteiger partial charge is 0.297 e. The molecule has 1 saturated heterocycles. The van der Waals surface area contributed by atoms with Crippen LogP contribution >= 0.6 is 0 Å². The lowest BCUT2D eigenvalue weighted by molar-refractivity contribution is -0.135. The van der Waals surface area contributed by atoms with Gasteiger partial charge in [0.1, 0.15) is 6.10 Å². The fourth-order valence-electron chi connectivity index (χ4n) is 1.56. The monoisotopic (exact) mass is 272 g/mol. The maximum absolute atomic E-state index is 11.8. The van der Waals surface area contributed by atoms with E-state index >= 15 is 0 Å². The molecule has 0 spiro atoms. The third kappa shape index (κ3) is 3.52. The second-order valence-electron chi connectivity index (χ2n) is 4.15. The highest BCUT2D eigenvalue weighted by atomic mass is 32.2. The molecule has 1 aliphatic heterocycles. The van der Waals surface area contributed by atoms with Crippen LogP contribution in [0.1, 0.15) is 6.92 Å². The molecule has 0 amide bonds. The summed E-state index contributed by atoms with van der Waals surface area (Å²) in [6.07, 6.45) is -0.285. The summed E-state index contributed by atoms with van der Waals surface area (Å²) < 4.78 is 39.4. The van der Waals surface area contributed by atoms with E-state index in [-0.39, 0.29) is 23.7 Å². The number of rotatable bonds is 4. The fourth-order valence-corrected chi connectivity index (χ4v) is 2.51. The van der Waals surface area contributed by atoms with Crippen LogP contribution in [0, 0.1) is 0 Å². The van der Waals surface area contributed by atoms with Gasteiger partial charge in [0.2, 0.25) is 0 Å². The van der Waals surface area contributed by atoms with Crippen molar-refractivity contribution >= 4 is 10.1 Å². The van der Waals surface area contributed by atoms with E-state index in [4.69, 9.17) is 13.7 Å². The minimum Gasteiger partial charge on any atom is -0.373 e. The highest BCUT2D eigenvalue weighted by molar-refractivity contribution is 7.86. The van der Waals surface area contributed by atoms with Crippen LogP contribution in [-0.2, 0) is 23.8 Å². The van der Waals surface area contributed by atoms with E-state index in [1.807, 2.05) is 6.92 Å². The first kappa shape index (κ1) is 13.5. The molecule has 1 aromatic rings. The highest BCUT2D eigenvalue weighted by Gasteiger charge is 2.23. The van der Waals surface area contributed by atoms with Crippen LogP contribution in [0.4, 0.5) is 0 Å². The summed E-state index contributed by atoms with van der Waals surface area (Å²) >= 11 is 0. The molecule has 1 heterocycles. The van der Waals surface area contributed by atoms with Crippen molar-refractivity contribution in [2.75, 3.05) is 19.8 Å². The van der Waals surface area contributed by atoms with E-state index in [0.717, 1.165) is 0 Å². The SMILES string of the molecule is C[C@H]1CO[C@H](COS(=O)(=O)c2ccccc2)CO1. The molecule has 0 aliphatic carbocycles. The summed E-state index contributed by atoms with van der Waals surface area (Å²) in [6.45, 7) is 2.69.